The molecule has 0 saturated carbocycles. The fraction of sp³-hybridized carbons (Fsp3) is 0.350. The first-order chi connectivity index (χ1) is 10.6. The molecule has 1 aliphatic rings. The van der Waals surface area contributed by atoms with E-state index in [-0.39, 0.29) is 11.9 Å². The molecule has 114 valence electrons. The quantitative estimate of drug-likeness (QED) is 0.832. The molecule has 0 bridgehead atoms. The van der Waals surface area contributed by atoms with Crippen molar-refractivity contribution < 1.29 is 4.79 Å². The Hall–Kier alpha value is -2.09. The normalized spacial score (nSPS) is 16.4. The maximum Gasteiger partial charge on any atom is 0.223 e. The van der Waals surface area contributed by atoms with Crippen molar-refractivity contribution in [3.05, 3.63) is 70.8 Å². The third-order valence-corrected chi connectivity index (χ3v) is 4.67. The number of hydrogen-bond acceptors (Lipinski definition) is 1. The minimum atomic E-state index is 0.239. The highest BCUT2D eigenvalue weighted by Crippen LogP contribution is 2.35. The summed E-state index contributed by atoms with van der Waals surface area (Å²) in [4.78, 5) is 14.5. The topological polar surface area (TPSA) is 20.3 Å². The van der Waals surface area contributed by atoms with Gasteiger partial charge in [0, 0.05) is 13.5 Å². The molecular formula is C20H23NO. The molecule has 0 heterocycles. The molecule has 1 amide bonds. The van der Waals surface area contributed by atoms with E-state index in [4.69, 9.17) is 0 Å². The first kappa shape index (κ1) is 14.8. The molecule has 2 heteroatoms. The highest BCUT2D eigenvalue weighted by Gasteiger charge is 2.27. The van der Waals surface area contributed by atoms with Crippen LogP contribution in [0.2, 0.25) is 0 Å². The van der Waals surface area contributed by atoms with Crippen LogP contribution in [-0.4, -0.2) is 17.9 Å². The first-order valence-electron chi connectivity index (χ1n) is 8.04. The molecule has 0 saturated heterocycles. The predicted molar refractivity (Wildman–Crippen MR) is 89.8 cm³/mol. The molecule has 0 aliphatic heterocycles. The Labute approximate surface area is 132 Å². The molecule has 1 atom stereocenters. The fourth-order valence-corrected chi connectivity index (χ4v) is 3.41. The second kappa shape index (κ2) is 6.35. The summed E-state index contributed by atoms with van der Waals surface area (Å²) >= 11 is 0. The van der Waals surface area contributed by atoms with Crippen molar-refractivity contribution in [2.75, 3.05) is 7.05 Å². The lowest BCUT2D eigenvalue weighted by atomic mass is 10.0. The van der Waals surface area contributed by atoms with Crippen molar-refractivity contribution in [2.24, 2.45) is 0 Å². The SMILES string of the molecule is Cc1cccc(CCC(=O)N(C)C2CCc3ccccc32)c1. The number of hydrogen-bond donors (Lipinski definition) is 0. The monoisotopic (exact) mass is 293 g/mol. The van der Waals surface area contributed by atoms with Crippen molar-refractivity contribution in [1.29, 1.82) is 0 Å². The van der Waals surface area contributed by atoms with E-state index in [1.165, 1.54) is 22.3 Å². The van der Waals surface area contributed by atoms with Gasteiger partial charge in [-0.3, -0.25) is 4.79 Å². The first-order valence-corrected chi connectivity index (χ1v) is 8.04. The van der Waals surface area contributed by atoms with Gasteiger partial charge in [-0.15, -0.1) is 0 Å². The van der Waals surface area contributed by atoms with Gasteiger partial charge >= 0.3 is 0 Å². The van der Waals surface area contributed by atoms with E-state index in [9.17, 15) is 4.79 Å². The van der Waals surface area contributed by atoms with Gasteiger partial charge in [0.15, 0.2) is 0 Å². The Balaban J connectivity index is 1.63. The van der Waals surface area contributed by atoms with Crippen LogP contribution >= 0.6 is 0 Å². The van der Waals surface area contributed by atoms with Crippen LogP contribution < -0.4 is 0 Å². The zero-order valence-electron chi connectivity index (χ0n) is 13.4. The number of rotatable bonds is 4. The highest BCUT2D eigenvalue weighted by molar-refractivity contribution is 5.77. The Bertz CT molecular complexity index is 677. The average Bonchev–Trinajstić information content (AvgIpc) is 2.96. The van der Waals surface area contributed by atoms with Gasteiger partial charge in [0.25, 0.3) is 0 Å². The summed E-state index contributed by atoms with van der Waals surface area (Å²) in [5.74, 6) is 0.239. The number of nitrogens with zero attached hydrogens (tertiary/aromatic N) is 1. The lowest BCUT2D eigenvalue weighted by Gasteiger charge is -2.25. The molecule has 1 unspecified atom stereocenters. The van der Waals surface area contributed by atoms with Crippen molar-refractivity contribution >= 4 is 5.91 Å². The van der Waals surface area contributed by atoms with E-state index in [2.05, 4.69) is 55.5 Å². The van der Waals surface area contributed by atoms with Crippen molar-refractivity contribution in [1.82, 2.24) is 4.90 Å². The summed E-state index contributed by atoms with van der Waals surface area (Å²) in [6.45, 7) is 2.09. The number of carbonyl (C=O) groups is 1. The average molecular weight is 293 g/mol. The highest BCUT2D eigenvalue weighted by atomic mass is 16.2. The second-order valence-electron chi connectivity index (χ2n) is 6.25. The lowest BCUT2D eigenvalue weighted by molar-refractivity contribution is -0.132. The van der Waals surface area contributed by atoms with Crippen LogP contribution in [0, 0.1) is 6.92 Å². The summed E-state index contributed by atoms with van der Waals surface area (Å²) in [7, 11) is 1.95. The molecule has 1 aliphatic carbocycles. The molecule has 0 fully saturated rings. The third-order valence-electron chi connectivity index (χ3n) is 4.67. The third kappa shape index (κ3) is 3.06. The van der Waals surface area contributed by atoms with Crippen LogP contribution in [0.25, 0.3) is 0 Å². The standard InChI is InChI=1S/C20H23NO/c1-15-6-5-7-16(14-15)10-13-20(22)21(2)19-12-11-17-8-3-4-9-18(17)19/h3-9,14,19H,10-13H2,1-2H3. The van der Waals surface area contributed by atoms with Crippen molar-refractivity contribution in [3.63, 3.8) is 0 Å². The molecule has 22 heavy (non-hydrogen) atoms. The Morgan fingerprint density at radius 3 is 2.82 bits per heavy atom. The predicted octanol–water partition coefficient (Wildman–Crippen LogP) is 4.07. The minimum Gasteiger partial charge on any atom is -0.339 e. The fourth-order valence-electron chi connectivity index (χ4n) is 3.41. The Morgan fingerprint density at radius 1 is 1.18 bits per heavy atom. The second-order valence-corrected chi connectivity index (χ2v) is 6.25. The molecule has 2 aromatic rings. The van der Waals surface area contributed by atoms with Crippen molar-refractivity contribution in [3.8, 4) is 0 Å². The number of aryl methyl sites for hydroxylation is 3. The van der Waals surface area contributed by atoms with Crippen LogP contribution in [0.5, 0.6) is 0 Å². The minimum absolute atomic E-state index is 0.239. The maximum atomic E-state index is 12.5. The van der Waals surface area contributed by atoms with Crippen molar-refractivity contribution in [2.45, 2.75) is 38.6 Å². The van der Waals surface area contributed by atoms with Gasteiger partial charge < -0.3 is 4.90 Å². The van der Waals surface area contributed by atoms with E-state index in [0.717, 1.165) is 19.3 Å². The van der Waals surface area contributed by atoms with Gasteiger partial charge in [-0.05, 0) is 42.9 Å². The van der Waals surface area contributed by atoms with E-state index >= 15 is 0 Å². The molecule has 0 aromatic heterocycles. The summed E-state index contributed by atoms with van der Waals surface area (Å²) in [6, 6.07) is 17.2. The zero-order valence-corrected chi connectivity index (χ0v) is 13.4. The number of benzene rings is 2. The van der Waals surface area contributed by atoms with E-state index in [0.29, 0.717) is 6.42 Å². The summed E-state index contributed by atoms with van der Waals surface area (Å²) in [6.07, 6.45) is 3.53. The van der Waals surface area contributed by atoms with E-state index in [1.807, 2.05) is 11.9 Å². The molecule has 0 spiro atoms. The smallest absolute Gasteiger partial charge is 0.223 e. The number of carbonyl (C=O) groups excluding carboxylic acids is 1. The largest absolute Gasteiger partial charge is 0.339 e. The van der Waals surface area contributed by atoms with Gasteiger partial charge in [-0.25, -0.2) is 0 Å². The van der Waals surface area contributed by atoms with Crippen LogP contribution in [0.4, 0.5) is 0 Å². The molecule has 3 rings (SSSR count). The van der Waals surface area contributed by atoms with Gasteiger partial charge in [0.1, 0.15) is 0 Å². The molecule has 0 radical (unpaired) electrons. The van der Waals surface area contributed by atoms with Crippen LogP contribution in [-0.2, 0) is 17.6 Å². The van der Waals surface area contributed by atoms with E-state index < -0.39 is 0 Å². The van der Waals surface area contributed by atoms with Crippen LogP contribution in [0.3, 0.4) is 0 Å². The lowest BCUT2D eigenvalue weighted by Crippen LogP contribution is -2.30. The molecule has 2 aromatic carbocycles. The van der Waals surface area contributed by atoms with Gasteiger partial charge in [0.2, 0.25) is 5.91 Å². The van der Waals surface area contributed by atoms with E-state index in [1.54, 1.807) is 0 Å². The van der Waals surface area contributed by atoms with Gasteiger partial charge in [-0.1, -0.05) is 54.1 Å². The summed E-state index contributed by atoms with van der Waals surface area (Å²) < 4.78 is 0. The zero-order chi connectivity index (χ0) is 15.5. The van der Waals surface area contributed by atoms with Gasteiger partial charge in [0.05, 0.1) is 6.04 Å². The number of fused-ring (bicyclic) bond motifs is 1. The maximum absolute atomic E-state index is 12.5. The summed E-state index contributed by atoms with van der Waals surface area (Å²) in [5, 5.41) is 0. The Morgan fingerprint density at radius 2 is 2.00 bits per heavy atom. The molecular weight excluding hydrogens is 270 g/mol. The molecule has 0 N–H and O–H groups in total. The summed E-state index contributed by atoms with van der Waals surface area (Å²) in [5.41, 5.74) is 5.22. The number of amides is 1. The molecule has 2 nitrogen and oxygen atoms in total. The van der Waals surface area contributed by atoms with Gasteiger partial charge in [-0.2, -0.15) is 0 Å². The van der Waals surface area contributed by atoms with Crippen LogP contribution in [0.15, 0.2) is 48.5 Å². The van der Waals surface area contributed by atoms with Crippen LogP contribution in [0.1, 0.15) is 41.1 Å². The Kier molecular flexibility index (Phi) is 4.28.